The molecule has 1 atom stereocenters. The predicted octanol–water partition coefficient (Wildman–Crippen LogP) is 1.33. The van der Waals surface area contributed by atoms with Crippen LogP contribution in [0.3, 0.4) is 0 Å². The third kappa shape index (κ3) is 4.34. The maximum absolute atomic E-state index is 12.5. The molecule has 2 fully saturated rings. The van der Waals surface area contributed by atoms with E-state index in [0.717, 1.165) is 45.6 Å². The first-order chi connectivity index (χ1) is 11.6. The summed E-state index contributed by atoms with van der Waals surface area (Å²) in [5.74, 6) is -0.734. The van der Waals surface area contributed by atoms with Gasteiger partial charge in [-0.15, -0.1) is 11.3 Å². The van der Waals surface area contributed by atoms with Crippen LogP contribution in [0.5, 0.6) is 0 Å². The number of amides is 1. The fourth-order valence-corrected chi connectivity index (χ4v) is 4.26. The quantitative estimate of drug-likeness (QED) is 0.867. The molecular weight excluding hydrogens is 326 g/mol. The minimum atomic E-state index is -0.803. The van der Waals surface area contributed by atoms with E-state index in [0.29, 0.717) is 13.0 Å². The Hall–Kier alpha value is -1.44. The van der Waals surface area contributed by atoms with Crippen molar-refractivity contribution in [3.63, 3.8) is 0 Å². The Balaban J connectivity index is 1.47. The molecule has 2 aliphatic heterocycles. The largest absolute Gasteiger partial charge is 0.480 e. The third-order valence-electron chi connectivity index (χ3n) is 4.92. The van der Waals surface area contributed by atoms with E-state index in [4.69, 9.17) is 0 Å². The topological polar surface area (TPSA) is 64.1 Å². The van der Waals surface area contributed by atoms with E-state index in [1.165, 1.54) is 4.88 Å². The van der Waals surface area contributed by atoms with Crippen molar-refractivity contribution in [2.24, 2.45) is 0 Å². The lowest BCUT2D eigenvalue weighted by atomic mass is 10.0. The summed E-state index contributed by atoms with van der Waals surface area (Å²) in [4.78, 5) is 31.3. The van der Waals surface area contributed by atoms with Crippen molar-refractivity contribution in [2.75, 3.05) is 39.3 Å². The molecule has 1 aromatic heterocycles. The molecule has 1 amide bonds. The number of piperidine rings is 1. The molecule has 132 valence electrons. The highest BCUT2D eigenvalue weighted by molar-refractivity contribution is 7.09. The van der Waals surface area contributed by atoms with Crippen LogP contribution in [0, 0.1) is 0 Å². The van der Waals surface area contributed by atoms with E-state index in [1.807, 2.05) is 9.80 Å². The number of hydrogen-bond acceptors (Lipinski definition) is 5. The van der Waals surface area contributed by atoms with Gasteiger partial charge in [-0.3, -0.25) is 19.4 Å². The SMILES string of the molecule is O=C(O)C1CCCCN1CC(=O)N1CCN(Cc2cccs2)CC1. The number of nitrogens with zero attached hydrogens (tertiary/aromatic N) is 3. The molecule has 0 saturated carbocycles. The Morgan fingerprint density at radius 2 is 1.96 bits per heavy atom. The molecule has 7 heteroatoms. The second-order valence-corrected chi connectivity index (χ2v) is 7.59. The van der Waals surface area contributed by atoms with E-state index < -0.39 is 12.0 Å². The highest BCUT2D eigenvalue weighted by atomic mass is 32.1. The van der Waals surface area contributed by atoms with Crippen molar-refractivity contribution >= 4 is 23.2 Å². The molecule has 0 radical (unpaired) electrons. The summed E-state index contributed by atoms with van der Waals surface area (Å²) in [6.07, 6.45) is 2.56. The van der Waals surface area contributed by atoms with Crippen LogP contribution in [0.4, 0.5) is 0 Å². The first-order valence-corrected chi connectivity index (χ1v) is 9.51. The van der Waals surface area contributed by atoms with Gasteiger partial charge < -0.3 is 10.0 Å². The molecule has 2 saturated heterocycles. The fraction of sp³-hybridized carbons (Fsp3) is 0.647. The van der Waals surface area contributed by atoms with Crippen LogP contribution < -0.4 is 0 Å². The number of rotatable bonds is 5. The van der Waals surface area contributed by atoms with Crippen molar-refractivity contribution < 1.29 is 14.7 Å². The Morgan fingerprint density at radius 3 is 2.62 bits per heavy atom. The molecule has 2 aliphatic rings. The number of likely N-dealkylation sites (tertiary alicyclic amines) is 1. The van der Waals surface area contributed by atoms with E-state index >= 15 is 0 Å². The predicted molar refractivity (Wildman–Crippen MR) is 93.0 cm³/mol. The normalized spacial score (nSPS) is 23.3. The summed E-state index contributed by atoms with van der Waals surface area (Å²) in [6.45, 7) is 5.12. The van der Waals surface area contributed by atoms with Crippen molar-refractivity contribution in [3.05, 3.63) is 22.4 Å². The van der Waals surface area contributed by atoms with Gasteiger partial charge in [-0.2, -0.15) is 0 Å². The first kappa shape index (κ1) is 17.4. The van der Waals surface area contributed by atoms with Gasteiger partial charge in [0, 0.05) is 37.6 Å². The molecule has 0 spiro atoms. The molecule has 0 aromatic carbocycles. The van der Waals surface area contributed by atoms with Gasteiger partial charge in [-0.1, -0.05) is 12.5 Å². The minimum absolute atomic E-state index is 0.0684. The molecule has 1 unspecified atom stereocenters. The van der Waals surface area contributed by atoms with Crippen LogP contribution in [-0.4, -0.2) is 77.0 Å². The van der Waals surface area contributed by atoms with Crippen LogP contribution >= 0.6 is 11.3 Å². The first-order valence-electron chi connectivity index (χ1n) is 8.63. The average Bonchev–Trinajstić information content (AvgIpc) is 3.09. The molecule has 3 rings (SSSR count). The second-order valence-electron chi connectivity index (χ2n) is 6.56. The number of carbonyl (C=O) groups is 2. The lowest BCUT2D eigenvalue weighted by Gasteiger charge is -2.37. The lowest BCUT2D eigenvalue weighted by molar-refractivity contribution is -0.146. The Labute approximate surface area is 146 Å². The zero-order chi connectivity index (χ0) is 16.9. The fourth-order valence-electron chi connectivity index (χ4n) is 3.51. The summed E-state index contributed by atoms with van der Waals surface area (Å²) in [7, 11) is 0. The van der Waals surface area contributed by atoms with Gasteiger partial charge in [0.15, 0.2) is 0 Å². The molecule has 0 aliphatic carbocycles. The van der Waals surface area contributed by atoms with Gasteiger partial charge in [0.2, 0.25) is 5.91 Å². The molecule has 1 N–H and O–H groups in total. The maximum Gasteiger partial charge on any atom is 0.320 e. The summed E-state index contributed by atoms with van der Waals surface area (Å²) in [6, 6.07) is 3.71. The Morgan fingerprint density at radius 1 is 1.17 bits per heavy atom. The Kier molecular flexibility index (Phi) is 5.86. The monoisotopic (exact) mass is 351 g/mol. The van der Waals surface area contributed by atoms with Crippen LogP contribution in [0.15, 0.2) is 17.5 Å². The standard InChI is InChI=1S/C17H25N3O3S/c21-16(13-20-6-2-1-5-15(20)17(22)23)19-9-7-18(8-10-19)12-14-4-3-11-24-14/h3-4,11,15H,1-2,5-10,12-13H2,(H,22,23). The molecule has 24 heavy (non-hydrogen) atoms. The van der Waals surface area contributed by atoms with E-state index in [9.17, 15) is 14.7 Å². The number of thiophene rings is 1. The van der Waals surface area contributed by atoms with Crippen molar-refractivity contribution in [2.45, 2.75) is 31.8 Å². The van der Waals surface area contributed by atoms with Crippen molar-refractivity contribution in [1.29, 1.82) is 0 Å². The number of hydrogen-bond donors (Lipinski definition) is 1. The van der Waals surface area contributed by atoms with Gasteiger partial charge in [-0.25, -0.2) is 0 Å². The number of piperazine rings is 1. The number of carboxylic acids is 1. The molecule has 1 aromatic rings. The smallest absolute Gasteiger partial charge is 0.320 e. The van der Waals surface area contributed by atoms with Crippen LogP contribution in [-0.2, 0) is 16.1 Å². The number of carboxylic acid groups (broad SMARTS) is 1. The van der Waals surface area contributed by atoms with Gasteiger partial charge in [0.1, 0.15) is 6.04 Å². The average molecular weight is 351 g/mol. The van der Waals surface area contributed by atoms with Gasteiger partial charge in [0.05, 0.1) is 6.54 Å². The molecule has 6 nitrogen and oxygen atoms in total. The number of carbonyl (C=O) groups excluding carboxylic acids is 1. The van der Waals surface area contributed by atoms with Crippen LogP contribution in [0.2, 0.25) is 0 Å². The van der Waals surface area contributed by atoms with Crippen molar-refractivity contribution in [1.82, 2.24) is 14.7 Å². The maximum atomic E-state index is 12.5. The van der Waals surface area contributed by atoms with Gasteiger partial charge in [0.25, 0.3) is 0 Å². The minimum Gasteiger partial charge on any atom is -0.480 e. The zero-order valence-electron chi connectivity index (χ0n) is 13.9. The summed E-state index contributed by atoms with van der Waals surface area (Å²) >= 11 is 1.77. The van der Waals surface area contributed by atoms with Gasteiger partial charge in [-0.05, 0) is 30.8 Å². The summed E-state index contributed by atoms with van der Waals surface area (Å²) in [5, 5.41) is 11.4. The van der Waals surface area contributed by atoms with E-state index in [-0.39, 0.29) is 12.5 Å². The van der Waals surface area contributed by atoms with Crippen LogP contribution in [0.25, 0.3) is 0 Å². The summed E-state index contributed by atoms with van der Waals surface area (Å²) in [5.41, 5.74) is 0. The molecular formula is C17H25N3O3S. The third-order valence-corrected chi connectivity index (χ3v) is 5.78. The highest BCUT2D eigenvalue weighted by Gasteiger charge is 2.31. The number of aliphatic carboxylic acids is 1. The van der Waals surface area contributed by atoms with Crippen LogP contribution in [0.1, 0.15) is 24.1 Å². The van der Waals surface area contributed by atoms with E-state index in [2.05, 4.69) is 22.4 Å². The lowest BCUT2D eigenvalue weighted by Crippen LogP contribution is -2.53. The zero-order valence-corrected chi connectivity index (χ0v) is 14.7. The van der Waals surface area contributed by atoms with E-state index in [1.54, 1.807) is 11.3 Å². The van der Waals surface area contributed by atoms with Gasteiger partial charge >= 0.3 is 5.97 Å². The van der Waals surface area contributed by atoms with Crippen molar-refractivity contribution in [3.8, 4) is 0 Å². The second kappa shape index (κ2) is 8.09. The Bertz CT molecular complexity index is 555. The summed E-state index contributed by atoms with van der Waals surface area (Å²) < 4.78 is 0. The molecule has 0 bridgehead atoms. The molecule has 3 heterocycles. The highest BCUT2D eigenvalue weighted by Crippen LogP contribution is 2.18.